The Morgan fingerprint density at radius 1 is 1.07 bits per heavy atom. The smallest absolute Gasteiger partial charge is 0.277 e. The summed E-state index contributed by atoms with van der Waals surface area (Å²) in [6, 6.07) is 15.7. The third kappa shape index (κ3) is 2.93. The average Bonchev–Trinajstić information content (AvgIpc) is 3.12. The van der Waals surface area contributed by atoms with Crippen LogP contribution in [0.2, 0.25) is 0 Å². The fourth-order valence-corrected chi connectivity index (χ4v) is 3.85. The van der Waals surface area contributed by atoms with Gasteiger partial charge in [-0.05, 0) is 42.2 Å². The van der Waals surface area contributed by atoms with Gasteiger partial charge >= 0.3 is 0 Å². The molecule has 3 aromatic rings. The Labute approximate surface area is 158 Å². The molecule has 138 valence electrons. The van der Waals surface area contributed by atoms with Gasteiger partial charge in [-0.2, -0.15) is 5.10 Å². The van der Waals surface area contributed by atoms with E-state index in [1.807, 2.05) is 37.4 Å². The molecule has 1 atom stereocenters. The third-order valence-corrected chi connectivity index (χ3v) is 4.94. The van der Waals surface area contributed by atoms with Crippen LogP contribution in [-0.2, 0) is 13.5 Å². The zero-order chi connectivity index (χ0) is 19.1. The van der Waals surface area contributed by atoms with Crippen molar-refractivity contribution in [3.05, 3.63) is 82.9 Å². The summed E-state index contributed by atoms with van der Waals surface area (Å²) in [5, 5.41) is 4.64. The standard InChI is InChI=1S/C22H22FN3O/c1-14(2)13-18-19-20(15-9-11-16(23)12-10-15)26(17-7-5-4-6-8-17)22(27)21(19)25(3)24-18/h4-12,14,20H,13H2,1-3H3. The first-order valence-corrected chi connectivity index (χ1v) is 9.17. The molecule has 0 N–H and O–H groups in total. The monoisotopic (exact) mass is 363 g/mol. The molecule has 1 unspecified atom stereocenters. The molecule has 2 heterocycles. The lowest BCUT2D eigenvalue weighted by Gasteiger charge is -2.26. The number of carbonyl (C=O) groups is 1. The first-order chi connectivity index (χ1) is 13.0. The van der Waals surface area contributed by atoms with Crippen molar-refractivity contribution in [2.75, 3.05) is 4.90 Å². The SMILES string of the molecule is CC(C)Cc1nn(C)c2c1C(c1ccc(F)cc1)N(c1ccccc1)C2=O. The molecule has 0 saturated carbocycles. The largest absolute Gasteiger partial charge is 0.295 e. The quantitative estimate of drug-likeness (QED) is 0.684. The second-order valence-corrected chi connectivity index (χ2v) is 7.40. The molecule has 1 aromatic heterocycles. The van der Waals surface area contributed by atoms with Gasteiger partial charge in [0.25, 0.3) is 5.91 Å². The van der Waals surface area contributed by atoms with Crippen LogP contribution in [0.3, 0.4) is 0 Å². The number of hydrogen-bond donors (Lipinski definition) is 0. The highest BCUT2D eigenvalue weighted by Crippen LogP contribution is 2.43. The van der Waals surface area contributed by atoms with Crippen molar-refractivity contribution >= 4 is 11.6 Å². The number of aromatic nitrogens is 2. The van der Waals surface area contributed by atoms with Gasteiger partial charge in [-0.1, -0.05) is 44.2 Å². The topological polar surface area (TPSA) is 38.1 Å². The van der Waals surface area contributed by atoms with E-state index >= 15 is 0 Å². The van der Waals surface area contributed by atoms with E-state index in [9.17, 15) is 9.18 Å². The summed E-state index contributed by atoms with van der Waals surface area (Å²) in [6.45, 7) is 4.28. The van der Waals surface area contributed by atoms with Crippen LogP contribution in [0.15, 0.2) is 54.6 Å². The maximum absolute atomic E-state index is 13.5. The molecular weight excluding hydrogens is 341 g/mol. The molecule has 1 amide bonds. The predicted molar refractivity (Wildman–Crippen MR) is 103 cm³/mol. The number of halogens is 1. The van der Waals surface area contributed by atoms with E-state index in [-0.39, 0.29) is 17.8 Å². The van der Waals surface area contributed by atoms with Gasteiger partial charge in [0.1, 0.15) is 11.5 Å². The number of amides is 1. The Morgan fingerprint density at radius 3 is 2.37 bits per heavy atom. The van der Waals surface area contributed by atoms with Crippen LogP contribution in [-0.4, -0.2) is 15.7 Å². The van der Waals surface area contributed by atoms with Crippen molar-refractivity contribution in [1.29, 1.82) is 0 Å². The molecule has 0 spiro atoms. The van der Waals surface area contributed by atoms with Crippen molar-refractivity contribution in [3.8, 4) is 0 Å². The van der Waals surface area contributed by atoms with E-state index in [0.29, 0.717) is 11.6 Å². The molecule has 1 aliphatic heterocycles. The minimum Gasteiger partial charge on any atom is -0.295 e. The van der Waals surface area contributed by atoms with Gasteiger partial charge in [0, 0.05) is 18.3 Å². The number of nitrogens with zero attached hydrogens (tertiary/aromatic N) is 3. The zero-order valence-electron chi connectivity index (χ0n) is 15.7. The van der Waals surface area contributed by atoms with E-state index in [1.165, 1.54) is 12.1 Å². The molecule has 0 aliphatic carbocycles. The van der Waals surface area contributed by atoms with Crippen LogP contribution in [0, 0.1) is 11.7 Å². The number of hydrogen-bond acceptors (Lipinski definition) is 2. The fraction of sp³-hybridized carbons (Fsp3) is 0.273. The Balaban J connectivity index is 1.93. The second kappa shape index (κ2) is 6.65. The Bertz CT molecular complexity index is 977. The van der Waals surface area contributed by atoms with Crippen molar-refractivity contribution in [2.45, 2.75) is 26.3 Å². The lowest BCUT2D eigenvalue weighted by molar-refractivity contribution is 0.0985. The van der Waals surface area contributed by atoms with Gasteiger partial charge in [0.2, 0.25) is 0 Å². The summed E-state index contributed by atoms with van der Waals surface area (Å²) in [6.07, 6.45) is 0.788. The van der Waals surface area contributed by atoms with Crippen molar-refractivity contribution in [1.82, 2.24) is 9.78 Å². The van der Waals surface area contributed by atoms with Gasteiger partial charge in [-0.3, -0.25) is 14.4 Å². The molecule has 0 radical (unpaired) electrons. The van der Waals surface area contributed by atoms with Crippen LogP contribution < -0.4 is 4.90 Å². The van der Waals surface area contributed by atoms with Crippen LogP contribution >= 0.6 is 0 Å². The normalized spacial score (nSPS) is 16.3. The van der Waals surface area contributed by atoms with Crippen molar-refractivity contribution in [3.63, 3.8) is 0 Å². The average molecular weight is 363 g/mol. The molecular formula is C22H22FN3O. The van der Waals surface area contributed by atoms with E-state index < -0.39 is 0 Å². The highest BCUT2D eigenvalue weighted by atomic mass is 19.1. The maximum Gasteiger partial charge on any atom is 0.277 e. The molecule has 4 rings (SSSR count). The fourth-order valence-electron chi connectivity index (χ4n) is 3.85. The number of rotatable bonds is 4. The summed E-state index contributed by atoms with van der Waals surface area (Å²) in [7, 11) is 1.82. The Hall–Kier alpha value is -2.95. The number of benzene rings is 2. The Morgan fingerprint density at radius 2 is 1.74 bits per heavy atom. The number of anilines is 1. The summed E-state index contributed by atoms with van der Waals surface area (Å²) < 4.78 is 15.2. The van der Waals surface area contributed by atoms with Gasteiger partial charge in [0.05, 0.1) is 11.7 Å². The van der Waals surface area contributed by atoms with E-state index in [0.717, 1.165) is 28.9 Å². The van der Waals surface area contributed by atoms with E-state index in [2.05, 4.69) is 18.9 Å². The number of aryl methyl sites for hydroxylation is 1. The lowest BCUT2D eigenvalue weighted by atomic mass is 9.95. The van der Waals surface area contributed by atoms with E-state index in [1.54, 1.807) is 21.7 Å². The molecule has 5 heteroatoms. The Kier molecular flexibility index (Phi) is 4.30. The molecule has 0 saturated heterocycles. The van der Waals surface area contributed by atoms with Crippen LogP contribution in [0.25, 0.3) is 0 Å². The summed E-state index contributed by atoms with van der Waals surface area (Å²) in [4.78, 5) is 15.2. The molecule has 0 bridgehead atoms. The third-order valence-electron chi connectivity index (χ3n) is 4.94. The van der Waals surface area contributed by atoms with Crippen LogP contribution in [0.5, 0.6) is 0 Å². The predicted octanol–water partition coefficient (Wildman–Crippen LogP) is 4.51. The number of fused-ring (bicyclic) bond motifs is 1. The van der Waals surface area contributed by atoms with Crippen molar-refractivity contribution in [2.24, 2.45) is 13.0 Å². The van der Waals surface area contributed by atoms with Crippen LogP contribution in [0.1, 0.15) is 47.2 Å². The molecule has 27 heavy (non-hydrogen) atoms. The second-order valence-electron chi connectivity index (χ2n) is 7.40. The summed E-state index contributed by atoms with van der Waals surface area (Å²) in [5.41, 5.74) is 4.19. The zero-order valence-corrected chi connectivity index (χ0v) is 15.7. The maximum atomic E-state index is 13.5. The lowest BCUT2D eigenvalue weighted by Crippen LogP contribution is -2.30. The van der Waals surface area contributed by atoms with Gasteiger partial charge in [-0.15, -0.1) is 0 Å². The minimum absolute atomic E-state index is 0.0736. The van der Waals surface area contributed by atoms with E-state index in [4.69, 9.17) is 0 Å². The first kappa shape index (κ1) is 17.5. The minimum atomic E-state index is -0.307. The van der Waals surface area contributed by atoms with Gasteiger partial charge in [-0.25, -0.2) is 4.39 Å². The summed E-state index contributed by atoms with van der Waals surface area (Å²) in [5.74, 6) is 0.0532. The van der Waals surface area contributed by atoms with Crippen LogP contribution in [0.4, 0.5) is 10.1 Å². The van der Waals surface area contributed by atoms with Gasteiger partial charge < -0.3 is 0 Å². The van der Waals surface area contributed by atoms with Gasteiger partial charge in [0.15, 0.2) is 0 Å². The molecule has 1 aliphatic rings. The highest BCUT2D eigenvalue weighted by Gasteiger charge is 2.43. The summed E-state index contributed by atoms with van der Waals surface area (Å²) >= 11 is 0. The van der Waals surface area contributed by atoms with Crippen molar-refractivity contribution < 1.29 is 9.18 Å². The highest BCUT2D eigenvalue weighted by molar-refractivity contribution is 6.10. The first-order valence-electron chi connectivity index (χ1n) is 9.17. The molecule has 0 fully saturated rings. The number of carbonyl (C=O) groups excluding carboxylic acids is 1. The number of para-hydroxylation sites is 1. The molecule has 4 nitrogen and oxygen atoms in total. The molecule has 2 aromatic carbocycles.